The Morgan fingerprint density at radius 2 is 1.53 bits per heavy atom. The number of nitrogens with one attached hydrogen (secondary N) is 1. The van der Waals surface area contributed by atoms with Gasteiger partial charge in [-0.3, -0.25) is 24.2 Å². The van der Waals surface area contributed by atoms with Crippen LogP contribution >= 0.6 is 0 Å². The monoisotopic (exact) mass is 435 g/mol. The summed E-state index contributed by atoms with van der Waals surface area (Å²) in [5.41, 5.74) is 3.11. The van der Waals surface area contributed by atoms with Crippen molar-refractivity contribution in [2.24, 2.45) is 0 Å². The standard InChI is InChI=1S/C25H29N3O4/c29-20-11-14-27(15-12-20)17-19-9-7-18(8-10-19)16-26-23(30)6-3-13-28-24(31)21-4-1-2-5-22(21)25(28)32/h1-2,4-5,7-10,20,29H,3,6,11-17H2,(H,26,30). The van der Waals surface area contributed by atoms with Crippen LogP contribution in [-0.2, 0) is 17.9 Å². The summed E-state index contributed by atoms with van der Waals surface area (Å²) in [4.78, 5) is 40.5. The zero-order valence-corrected chi connectivity index (χ0v) is 18.1. The van der Waals surface area contributed by atoms with Crippen LogP contribution in [-0.4, -0.2) is 58.4 Å². The lowest BCUT2D eigenvalue weighted by Crippen LogP contribution is -2.35. The van der Waals surface area contributed by atoms with Crippen LogP contribution in [0.2, 0.25) is 0 Å². The number of carbonyl (C=O) groups excluding carboxylic acids is 3. The number of hydrogen-bond acceptors (Lipinski definition) is 5. The molecule has 0 aromatic heterocycles. The second kappa shape index (κ2) is 10.1. The van der Waals surface area contributed by atoms with Crippen molar-refractivity contribution < 1.29 is 19.5 Å². The first-order chi connectivity index (χ1) is 15.5. The van der Waals surface area contributed by atoms with Gasteiger partial charge in [0.25, 0.3) is 11.8 Å². The molecule has 7 heteroatoms. The van der Waals surface area contributed by atoms with E-state index in [0.29, 0.717) is 24.1 Å². The third-order valence-electron chi connectivity index (χ3n) is 6.14. The molecule has 0 radical (unpaired) electrons. The molecule has 0 spiro atoms. The summed E-state index contributed by atoms with van der Waals surface area (Å²) in [5, 5.41) is 12.5. The zero-order valence-electron chi connectivity index (χ0n) is 18.1. The highest BCUT2D eigenvalue weighted by atomic mass is 16.3. The van der Waals surface area contributed by atoms with E-state index in [1.165, 1.54) is 10.5 Å². The minimum atomic E-state index is -0.285. The van der Waals surface area contributed by atoms with Crippen molar-refractivity contribution >= 4 is 17.7 Å². The molecule has 4 rings (SSSR count). The first-order valence-corrected chi connectivity index (χ1v) is 11.2. The molecule has 2 N–H and O–H groups in total. The lowest BCUT2D eigenvalue weighted by atomic mass is 10.1. The van der Waals surface area contributed by atoms with E-state index in [9.17, 15) is 19.5 Å². The molecular weight excluding hydrogens is 406 g/mol. The number of nitrogens with zero attached hydrogens (tertiary/aromatic N) is 2. The molecule has 0 unspecified atom stereocenters. The Morgan fingerprint density at radius 1 is 0.938 bits per heavy atom. The Labute approximate surface area is 188 Å². The molecule has 168 valence electrons. The fraction of sp³-hybridized carbons (Fsp3) is 0.400. The minimum absolute atomic E-state index is 0.0995. The molecule has 3 amide bonds. The Hall–Kier alpha value is -3.03. The molecule has 0 aliphatic carbocycles. The molecule has 2 aliphatic rings. The van der Waals surface area contributed by atoms with Gasteiger partial charge in [0, 0.05) is 39.1 Å². The molecular formula is C25H29N3O4. The van der Waals surface area contributed by atoms with Crippen molar-refractivity contribution in [3.05, 3.63) is 70.8 Å². The topological polar surface area (TPSA) is 90.0 Å². The lowest BCUT2D eigenvalue weighted by Gasteiger charge is -2.29. The predicted molar refractivity (Wildman–Crippen MR) is 120 cm³/mol. The Kier molecular flexibility index (Phi) is 6.97. The second-order valence-corrected chi connectivity index (χ2v) is 8.51. The summed E-state index contributed by atoms with van der Waals surface area (Å²) in [6.45, 7) is 3.39. The van der Waals surface area contributed by atoms with E-state index in [4.69, 9.17) is 0 Å². The molecule has 7 nitrogen and oxygen atoms in total. The van der Waals surface area contributed by atoms with Gasteiger partial charge in [0.1, 0.15) is 0 Å². The smallest absolute Gasteiger partial charge is 0.261 e. The highest BCUT2D eigenvalue weighted by molar-refractivity contribution is 6.21. The minimum Gasteiger partial charge on any atom is -0.393 e. The maximum atomic E-state index is 12.4. The maximum absolute atomic E-state index is 12.4. The Balaban J connectivity index is 1.17. The second-order valence-electron chi connectivity index (χ2n) is 8.51. The molecule has 1 fully saturated rings. The van der Waals surface area contributed by atoms with Crippen LogP contribution in [0.25, 0.3) is 0 Å². The summed E-state index contributed by atoms with van der Waals surface area (Å²) >= 11 is 0. The van der Waals surface area contributed by atoms with Crippen LogP contribution in [0.5, 0.6) is 0 Å². The third-order valence-corrected chi connectivity index (χ3v) is 6.14. The van der Waals surface area contributed by atoms with Crippen LogP contribution in [0, 0.1) is 0 Å². The van der Waals surface area contributed by atoms with Gasteiger partial charge in [0.15, 0.2) is 0 Å². The summed E-state index contributed by atoms with van der Waals surface area (Å²) < 4.78 is 0. The highest BCUT2D eigenvalue weighted by Gasteiger charge is 2.34. The van der Waals surface area contributed by atoms with Gasteiger partial charge in [-0.15, -0.1) is 0 Å². The number of likely N-dealkylation sites (tertiary alicyclic amines) is 1. The molecule has 2 heterocycles. The van der Waals surface area contributed by atoms with E-state index in [0.717, 1.165) is 38.0 Å². The van der Waals surface area contributed by atoms with Crippen LogP contribution in [0.4, 0.5) is 0 Å². The van der Waals surface area contributed by atoms with E-state index in [-0.39, 0.29) is 36.8 Å². The number of benzene rings is 2. The quantitative estimate of drug-likeness (QED) is 0.621. The summed E-state index contributed by atoms with van der Waals surface area (Å²) in [6, 6.07) is 15.0. The molecule has 0 saturated carbocycles. The number of carbonyl (C=O) groups is 3. The van der Waals surface area contributed by atoms with Crippen molar-refractivity contribution in [3.63, 3.8) is 0 Å². The lowest BCUT2D eigenvalue weighted by molar-refractivity contribution is -0.121. The number of fused-ring (bicyclic) bond motifs is 1. The Bertz CT molecular complexity index is 946. The van der Waals surface area contributed by atoms with Gasteiger partial charge in [-0.1, -0.05) is 36.4 Å². The SMILES string of the molecule is O=C(CCCN1C(=O)c2ccccc2C1=O)NCc1ccc(CN2CCC(O)CC2)cc1. The van der Waals surface area contributed by atoms with E-state index in [1.807, 2.05) is 12.1 Å². The number of amides is 3. The van der Waals surface area contributed by atoms with E-state index < -0.39 is 0 Å². The fourth-order valence-corrected chi connectivity index (χ4v) is 4.23. The van der Waals surface area contributed by atoms with Gasteiger partial charge in [-0.2, -0.15) is 0 Å². The molecule has 1 saturated heterocycles. The van der Waals surface area contributed by atoms with Crippen LogP contribution in [0.1, 0.15) is 57.5 Å². The van der Waals surface area contributed by atoms with Gasteiger partial charge in [-0.25, -0.2) is 0 Å². The molecule has 2 aromatic carbocycles. The predicted octanol–water partition coefficient (Wildman–Crippen LogP) is 2.34. The van der Waals surface area contributed by atoms with Crippen molar-refractivity contribution in [1.29, 1.82) is 0 Å². The van der Waals surface area contributed by atoms with Crippen molar-refractivity contribution in [3.8, 4) is 0 Å². The van der Waals surface area contributed by atoms with Crippen molar-refractivity contribution in [1.82, 2.24) is 15.1 Å². The molecule has 32 heavy (non-hydrogen) atoms. The largest absolute Gasteiger partial charge is 0.393 e. The number of aliphatic hydroxyl groups is 1. The first kappa shape index (κ1) is 22.2. The third kappa shape index (κ3) is 5.23. The van der Waals surface area contributed by atoms with Crippen molar-refractivity contribution in [2.75, 3.05) is 19.6 Å². The summed E-state index contributed by atoms with van der Waals surface area (Å²) in [6.07, 6.45) is 2.19. The number of aliphatic hydroxyl groups excluding tert-OH is 1. The normalized spacial score (nSPS) is 17.0. The molecule has 2 aliphatic heterocycles. The van der Waals surface area contributed by atoms with E-state index >= 15 is 0 Å². The Morgan fingerprint density at radius 3 is 2.16 bits per heavy atom. The molecule has 0 bridgehead atoms. The van der Waals surface area contributed by atoms with Gasteiger partial charge < -0.3 is 10.4 Å². The number of hydrogen-bond donors (Lipinski definition) is 2. The number of rotatable bonds is 8. The maximum Gasteiger partial charge on any atom is 0.261 e. The number of piperidine rings is 1. The van der Waals surface area contributed by atoms with Gasteiger partial charge in [0.2, 0.25) is 5.91 Å². The van der Waals surface area contributed by atoms with Gasteiger partial charge in [0.05, 0.1) is 17.2 Å². The number of imide groups is 1. The first-order valence-electron chi connectivity index (χ1n) is 11.2. The molecule has 2 aromatic rings. The van der Waals surface area contributed by atoms with Crippen LogP contribution < -0.4 is 5.32 Å². The summed E-state index contributed by atoms with van der Waals surface area (Å²) in [5.74, 6) is -0.670. The fourth-order valence-electron chi connectivity index (χ4n) is 4.23. The van der Waals surface area contributed by atoms with Gasteiger partial charge >= 0.3 is 0 Å². The highest BCUT2D eigenvalue weighted by Crippen LogP contribution is 2.22. The van der Waals surface area contributed by atoms with Gasteiger partial charge in [-0.05, 0) is 42.5 Å². The zero-order chi connectivity index (χ0) is 22.5. The van der Waals surface area contributed by atoms with E-state index in [2.05, 4.69) is 22.3 Å². The average Bonchev–Trinajstić information content (AvgIpc) is 3.05. The summed E-state index contributed by atoms with van der Waals surface area (Å²) in [7, 11) is 0. The average molecular weight is 436 g/mol. The van der Waals surface area contributed by atoms with E-state index in [1.54, 1.807) is 24.3 Å². The van der Waals surface area contributed by atoms with Crippen LogP contribution in [0.3, 0.4) is 0 Å². The van der Waals surface area contributed by atoms with Crippen molar-refractivity contribution in [2.45, 2.75) is 44.9 Å². The van der Waals surface area contributed by atoms with Crippen LogP contribution in [0.15, 0.2) is 48.5 Å². The molecule has 0 atom stereocenters.